The second-order valence-electron chi connectivity index (χ2n) is 2.93. The summed E-state index contributed by atoms with van der Waals surface area (Å²) >= 11 is 29.1. The van der Waals surface area contributed by atoms with Gasteiger partial charge >= 0.3 is 0 Å². The van der Waals surface area contributed by atoms with Gasteiger partial charge in [-0.3, -0.25) is 0 Å². The summed E-state index contributed by atoms with van der Waals surface area (Å²) in [6.45, 7) is 0.518. The van der Waals surface area contributed by atoms with Crippen LogP contribution in [0.3, 0.4) is 0 Å². The van der Waals surface area contributed by atoms with Crippen LogP contribution in [0.2, 0.25) is 10.0 Å². The smallest absolute Gasteiger partial charge is 0.154 e. The van der Waals surface area contributed by atoms with Gasteiger partial charge in [0.1, 0.15) is 5.02 Å². The number of hydrogen-bond donors (Lipinski definition) is 0. The molecule has 0 bridgehead atoms. The van der Waals surface area contributed by atoms with Crippen molar-refractivity contribution in [3.05, 3.63) is 23.5 Å². The average Bonchev–Trinajstić information content (AvgIpc) is 2.28. The predicted molar refractivity (Wildman–Crippen MR) is 91.3 cm³/mol. The summed E-state index contributed by atoms with van der Waals surface area (Å²) in [6, 6.07) is 0. The van der Waals surface area contributed by atoms with E-state index in [4.69, 9.17) is 27.9 Å². The van der Waals surface area contributed by atoms with Gasteiger partial charge in [0, 0.05) is 6.42 Å². The minimum Gasteiger partial charge on any atom is -0.491 e. The molecule has 0 aliphatic rings. The Kier molecular flexibility index (Phi) is 7.72. The van der Waals surface area contributed by atoms with Crippen LogP contribution in [0.15, 0.2) is 13.4 Å². The lowest BCUT2D eigenvalue weighted by atomic mass is 10.3. The van der Waals surface area contributed by atoms with Gasteiger partial charge in [0.15, 0.2) is 5.75 Å². The first-order chi connectivity index (χ1) is 7.86. The maximum absolute atomic E-state index is 6.13. The van der Waals surface area contributed by atoms with Crippen molar-refractivity contribution in [2.45, 2.75) is 10.2 Å². The molecule has 0 spiro atoms. The van der Waals surface area contributed by atoms with Crippen molar-refractivity contribution in [2.75, 3.05) is 6.61 Å². The summed E-state index contributed by atoms with van der Waals surface area (Å²) in [5, 5.41) is 0.806. The molecule has 8 heteroatoms. The highest BCUT2D eigenvalue weighted by atomic mass is 79.9. The fourth-order valence-electron chi connectivity index (χ4n) is 0.962. The normalized spacial score (nSPS) is 11.1. The van der Waals surface area contributed by atoms with Gasteiger partial charge in [-0.25, -0.2) is 0 Å². The van der Waals surface area contributed by atoms with Crippen LogP contribution in [-0.2, 0) is 0 Å². The van der Waals surface area contributed by atoms with Crippen LogP contribution < -0.4 is 4.74 Å². The van der Waals surface area contributed by atoms with Crippen molar-refractivity contribution in [1.29, 1.82) is 0 Å². The van der Waals surface area contributed by atoms with Crippen LogP contribution in [0.1, 0.15) is 6.42 Å². The quantitative estimate of drug-likeness (QED) is 0.203. The maximum Gasteiger partial charge on any atom is 0.154 e. The monoisotopic (exact) mass is 594 g/mol. The fraction of sp³-hybridized carbons (Fsp3) is 0.333. The van der Waals surface area contributed by atoms with Gasteiger partial charge in [-0.1, -0.05) is 55.1 Å². The summed E-state index contributed by atoms with van der Waals surface area (Å²) < 4.78 is 8.04. The molecular weight excluding hydrogens is 595 g/mol. The van der Waals surface area contributed by atoms with Crippen molar-refractivity contribution < 1.29 is 4.74 Å². The van der Waals surface area contributed by atoms with Crippen molar-refractivity contribution in [2.24, 2.45) is 0 Å². The van der Waals surface area contributed by atoms with Crippen molar-refractivity contribution in [3.8, 4) is 5.75 Å². The van der Waals surface area contributed by atoms with E-state index in [1.807, 2.05) is 0 Å². The molecule has 0 heterocycles. The molecule has 0 saturated carbocycles. The van der Waals surface area contributed by atoms with Crippen LogP contribution in [0.5, 0.6) is 5.75 Å². The lowest BCUT2D eigenvalue weighted by molar-refractivity contribution is 0.315. The van der Waals surface area contributed by atoms with Crippen molar-refractivity contribution >= 4 is 103 Å². The molecule has 1 rings (SSSR count). The molecule has 0 aliphatic heterocycles. The summed E-state index contributed by atoms with van der Waals surface area (Å²) in [5.41, 5.74) is 0. The molecule has 1 aromatic carbocycles. The molecular formula is C9H5Br5Cl2O. The molecule has 0 N–H and O–H groups in total. The first kappa shape index (κ1) is 17.1. The summed E-state index contributed by atoms with van der Waals surface area (Å²) in [5.74, 6) is 0.535. The maximum atomic E-state index is 6.13. The summed E-state index contributed by atoms with van der Waals surface area (Å²) in [7, 11) is 0. The molecule has 1 nitrogen and oxygen atoms in total. The Morgan fingerprint density at radius 1 is 0.941 bits per heavy atom. The Hall–Kier alpha value is 2.00. The summed E-state index contributed by atoms with van der Waals surface area (Å²) in [6.07, 6.45) is 0.800. The van der Waals surface area contributed by atoms with Gasteiger partial charge in [0.25, 0.3) is 0 Å². The average molecular weight is 600 g/mol. The third kappa shape index (κ3) is 4.50. The number of ether oxygens (including phenoxy) is 1. The SMILES string of the molecule is Clc1c(Cl)c(OCCC(Br)Br)c(Br)c(Br)c1Br. The third-order valence-corrected chi connectivity index (χ3v) is 7.14. The van der Waals surface area contributed by atoms with Gasteiger partial charge in [0.2, 0.25) is 0 Å². The van der Waals surface area contributed by atoms with Crippen LogP contribution >= 0.6 is 103 Å². The number of rotatable bonds is 4. The Labute approximate surface area is 152 Å². The molecule has 0 fully saturated rings. The van der Waals surface area contributed by atoms with Crippen LogP contribution in [0.4, 0.5) is 0 Å². The minimum absolute atomic E-state index is 0.210. The van der Waals surface area contributed by atoms with E-state index in [0.29, 0.717) is 26.9 Å². The second-order valence-corrected chi connectivity index (χ2v) is 9.50. The lowest BCUT2D eigenvalue weighted by Crippen LogP contribution is -2.02. The Bertz CT molecular complexity index is 395. The van der Waals surface area contributed by atoms with Crippen LogP contribution in [0, 0.1) is 0 Å². The lowest BCUT2D eigenvalue weighted by Gasteiger charge is -2.14. The largest absolute Gasteiger partial charge is 0.491 e. The van der Waals surface area contributed by atoms with Crippen molar-refractivity contribution in [3.63, 3.8) is 0 Å². The molecule has 0 unspecified atom stereocenters. The molecule has 96 valence electrons. The van der Waals surface area contributed by atoms with Gasteiger partial charge in [-0.15, -0.1) is 0 Å². The van der Waals surface area contributed by atoms with Gasteiger partial charge in [-0.05, 0) is 47.8 Å². The first-order valence-electron chi connectivity index (χ1n) is 4.28. The standard InChI is InChI=1S/C9H5Br5Cl2O/c10-3(11)1-2-17-9-6(14)4(12)5(13)7(15)8(9)16/h3H,1-2H2. The Morgan fingerprint density at radius 3 is 2.06 bits per heavy atom. The van der Waals surface area contributed by atoms with Gasteiger partial charge < -0.3 is 4.74 Å². The molecule has 17 heavy (non-hydrogen) atoms. The predicted octanol–water partition coefficient (Wildman–Crippen LogP) is 7.17. The third-order valence-electron chi connectivity index (χ3n) is 1.75. The topological polar surface area (TPSA) is 9.23 Å². The molecule has 0 aromatic heterocycles. The summed E-state index contributed by atoms with van der Waals surface area (Å²) in [4.78, 5) is 0. The highest BCUT2D eigenvalue weighted by Gasteiger charge is 2.19. The zero-order valence-corrected chi connectivity index (χ0v) is 17.5. The van der Waals surface area contributed by atoms with Gasteiger partial charge in [-0.2, -0.15) is 0 Å². The van der Waals surface area contributed by atoms with Gasteiger partial charge in [0.05, 0.1) is 28.8 Å². The minimum atomic E-state index is 0.210. The zero-order chi connectivity index (χ0) is 13.2. The van der Waals surface area contributed by atoms with Crippen LogP contribution in [0.25, 0.3) is 0 Å². The van der Waals surface area contributed by atoms with E-state index in [-0.39, 0.29) is 3.74 Å². The molecule has 0 atom stereocenters. The molecule has 1 aromatic rings. The highest BCUT2D eigenvalue weighted by Crippen LogP contribution is 2.48. The van der Waals surface area contributed by atoms with E-state index >= 15 is 0 Å². The Morgan fingerprint density at radius 2 is 1.53 bits per heavy atom. The fourth-order valence-corrected chi connectivity index (χ4v) is 3.65. The molecule has 0 amide bonds. The van der Waals surface area contributed by atoms with E-state index < -0.39 is 0 Å². The van der Waals surface area contributed by atoms with E-state index in [1.165, 1.54) is 0 Å². The number of benzene rings is 1. The number of alkyl halides is 2. The van der Waals surface area contributed by atoms with Crippen molar-refractivity contribution in [1.82, 2.24) is 0 Å². The molecule has 0 aliphatic carbocycles. The second kappa shape index (κ2) is 7.70. The first-order valence-corrected chi connectivity index (χ1v) is 9.25. The van der Waals surface area contributed by atoms with E-state index in [2.05, 4.69) is 79.6 Å². The number of hydrogen-bond acceptors (Lipinski definition) is 1. The number of halogens is 7. The van der Waals surface area contributed by atoms with E-state index in [0.717, 1.165) is 15.4 Å². The Balaban J connectivity index is 2.99. The van der Waals surface area contributed by atoms with Crippen LogP contribution in [-0.4, -0.2) is 10.3 Å². The molecule has 0 saturated heterocycles. The van der Waals surface area contributed by atoms with E-state index in [1.54, 1.807) is 0 Å². The van der Waals surface area contributed by atoms with E-state index in [9.17, 15) is 0 Å². The molecule has 0 radical (unpaired) electrons. The highest BCUT2D eigenvalue weighted by molar-refractivity contribution is 9.24. The zero-order valence-electron chi connectivity index (χ0n) is 8.05.